The van der Waals surface area contributed by atoms with Crippen LogP contribution in [-0.2, 0) is 14.3 Å². The lowest BCUT2D eigenvalue weighted by Crippen LogP contribution is -2.55. The maximum Gasteiger partial charge on any atom is 0.237 e. The van der Waals surface area contributed by atoms with Crippen LogP contribution in [0, 0.1) is 5.92 Å². The van der Waals surface area contributed by atoms with Gasteiger partial charge in [-0.1, -0.05) is 0 Å². The van der Waals surface area contributed by atoms with Gasteiger partial charge in [-0.2, -0.15) is 0 Å². The highest BCUT2D eigenvalue weighted by Gasteiger charge is 2.27. The summed E-state index contributed by atoms with van der Waals surface area (Å²) < 4.78 is 4.99. The van der Waals surface area contributed by atoms with E-state index in [9.17, 15) is 9.59 Å². The van der Waals surface area contributed by atoms with Crippen molar-refractivity contribution in [1.82, 2.24) is 20.4 Å². The summed E-state index contributed by atoms with van der Waals surface area (Å²) >= 11 is 0. The van der Waals surface area contributed by atoms with Crippen LogP contribution in [0.1, 0.15) is 39.0 Å². The van der Waals surface area contributed by atoms with Gasteiger partial charge < -0.3 is 20.3 Å². The van der Waals surface area contributed by atoms with Crippen molar-refractivity contribution in [3.05, 3.63) is 0 Å². The number of methoxy groups -OCH3 is 1. The van der Waals surface area contributed by atoms with Crippen molar-refractivity contribution in [2.24, 2.45) is 5.92 Å². The molecule has 0 saturated carbocycles. The molecular formula is C19H38Cl2N4O3. The Morgan fingerprint density at radius 2 is 1.79 bits per heavy atom. The largest absolute Gasteiger partial charge is 0.385 e. The molecule has 2 N–H and O–H groups in total. The van der Waals surface area contributed by atoms with Crippen molar-refractivity contribution in [2.45, 2.75) is 45.1 Å². The molecule has 1 atom stereocenters. The number of nitrogens with zero attached hydrogens (tertiary/aromatic N) is 2. The minimum absolute atomic E-state index is 0. The number of amides is 2. The molecule has 2 amide bonds. The Morgan fingerprint density at radius 1 is 1.14 bits per heavy atom. The molecule has 2 aliphatic rings. The molecule has 0 aromatic carbocycles. The normalized spacial score (nSPS) is 19.3. The smallest absolute Gasteiger partial charge is 0.237 e. The highest BCUT2D eigenvalue weighted by molar-refractivity contribution is 5.85. The van der Waals surface area contributed by atoms with Crippen molar-refractivity contribution in [1.29, 1.82) is 0 Å². The van der Waals surface area contributed by atoms with Gasteiger partial charge in [0.05, 0.1) is 6.04 Å². The van der Waals surface area contributed by atoms with Crippen molar-refractivity contribution in [3.8, 4) is 0 Å². The van der Waals surface area contributed by atoms with Crippen LogP contribution in [0.4, 0.5) is 0 Å². The monoisotopic (exact) mass is 440 g/mol. The van der Waals surface area contributed by atoms with Gasteiger partial charge in [0.25, 0.3) is 0 Å². The third kappa shape index (κ3) is 9.27. The molecule has 7 nitrogen and oxygen atoms in total. The van der Waals surface area contributed by atoms with Crippen LogP contribution in [0.15, 0.2) is 0 Å². The fraction of sp³-hybridized carbons (Fsp3) is 0.895. The van der Waals surface area contributed by atoms with E-state index in [1.165, 1.54) is 12.8 Å². The van der Waals surface area contributed by atoms with E-state index in [-0.39, 0.29) is 42.7 Å². The molecule has 0 aliphatic carbocycles. The van der Waals surface area contributed by atoms with Gasteiger partial charge in [-0.3, -0.25) is 14.5 Å². The Kier molecular flexibility index (Phi) is 14.9. The highest BCUT2D eigenvalue weighted by atomic mass is 35.5. The maximum atomic E-state index is 12.5. The van der Waals surface area contributed by atoms with Gasteiger partial charge in [0.2, 0.25) is 11.8 Å². The average molecular weight is 441 g/mol. The van der Waals surface area contributed by atoms with Crippen LogP contribution < -0.4 is 10.6 Å². The topological polar surface area (TPSA) is 73.9 Å². The molecule has 0 aromatic heterocycles. The van der Waals surface area contributed by atoms with Crippen LogP contribution in [0.2, 0.25) is 0 Å². The highest BCUT2D eigenvalue weighted by Crippen LogP contribution is 2.19. The minimum Gasteiger partial charge on any atom is -0.385 e. The summed E-state index contributed by atoms with van der Waals surface area (Å²) in [7, 11) is 1.66. The predicted molar refractivity (Wildman–Crippen MR) is 116 cm³/mol. The van der Waals surface area contributed by atoms with Gasteiger partial charge >= 0.3 is 0 Å². The molecule has 1 unspecified atom stereocenters. The number of piperazine rings is 1. The van der Waals surface area contributed by atoms with Gasteiger partial charge in [0.15, 0.2) is 0 Å². The number of halogens is 2. The number of piperidine rings is 1. The zero-order valence-electron chi connectivity index (χ0n) is 17.3. The summed E-state index contributed by atoms with van der Waals surface area (Å²) in [6.45, 7) is 8.42. The molecule has 2 heterocycles. The Morgan fingerprint density at radius 3 is 2.39 bits per heavy atom. The summed E-state index contributed by atoms with van der Waals surface area (Å²) in [6, 6.07) is -0.149. The lowest BCUT2D eigenvalue weighted by molar-refractivity contribution is -0.134. The van der Waals surface area contributed by atoms with Crippen LogP contribution in [0.5, 0.6) is 0 Å². The predicted octanol–water partition coefficient (Wildman–Crippen LogP) is 1.30. The second-order valence-electron chi connectivity index (χ2n) is 7.46. The number of nitrogens with one attached hydrogen (secondary N) is 2. The van der Waals surface area contributed by atoms with E-state index in [1.54, 1.807) is 7.11 Å². The first kappa shape index (κ1) is 27.4. The van der Waals surface area contributed by atoms with Crippen molar-refractivity contribution in [2.75, 3.05) is 59.5 Å². The molecule has 0 bridgehead atoms. The minimum atomic E-state index is -0.149. The molecule has 9 heteroatoms. The lowest BCUT2D eigenvalue weighted by atomic mass is 9.93. The lowest BCUT2D eigenvalue weighted by Gasteiger charge is -2.37. The third-order valence-electron chi connectivity index (χ3n) is 5.64. The molecular weight excluding hydrogens is 403 g/mol. The number of carbonyl (C=O) groups is 2. The Labute approximate surface area is 182 Å². The second kappa shape index (κ2) is 15.3. The Balaban J connectivity index is 0.00000364. The van der Waals surface area contributed by atoms with E-state index in [0.29, 0.717) is 25.5 Å². The number of hydrogen-bond acceptors (Lipinski definition) is 5. The molecule has 0 radical (unpaired) electrons. The summed E-state index contributed by atoms with van der Waals surface area (Å²) in [5, 5.41) is 6.33. The summed E-state index contributed by atoms with van der Waals surface area (Å²) in [5.41, 5.74) is 0. The van der Waals surface area contributed by atoms with Gasteiger partial charge in [0, 0.05) is 52.9 Å². The fourth-order valence-corrected chi connectivity index (χ4v) is 3.76. The van der Waals surface area contributed by atoms with Crippen molar-refractivity contribution >= 4 is 36.6 Å². The number of rotatable bonds is 9. The molecule has 0 spiro atoms. The fourth-order valence-electron chi connectivity index (χ4n) is 3.76. The molecule has 2 saturated heterocycles. The summed E-state index contributed by atoms with van der Waals surface area (Å²) in [5.74, 6) is 1.04. The zero-order valence-corrected chi connectivity index (χ0v) is 18.9. The van der Waals surface area contributed by atoms with Gasteiger partial charge in [0.1, 0.15) is 0 Å². The van der Waals surface area contributed by atoms with Crippen molar-refractivity contribution < 1.29 is 14.3 Å². The van der Waals surface area contributed by atoms with E-state index in [4.69, 9.17) is 4.74 Å². The van der Waals surface area contributed by atoms with Gasteiger partial charge in [-0.05, 0) is 51.6 Å². The number of carbonyl (C=O) groups excluding carboxylic acids is 2. The Hall–Kier alpha value is -0.600. The van der Waals surface area contributed by atoms with E-state index in [1.807, 2.05) is 11.8 Å². The van der Waals surface area contributed by atoms with Gasteiger partial charge in [-0.25, -0.2) is 0 Å². The van der Waals surface area contributed by atoms with Crippen molar-refractivity contribution in [3.63, 3.8) is 0 Å². The van der Waals surface area contributed by atoms with Crippen LogP contribution in [0.25, 0.3) is 0 Å². The average Bonchev–Trinajstić information content (AvgIpc) is 2.69. The van der Waals surface area contributed by atoms with Crippen LogP contribution in [0.3, 0.4) is 0 Å². The SMILES string of the molecule is COCCCNC(=O)C(C)N1CCN(C(=O)CCC2CCNCC2)CC1.Cl.Cl. The van der Waals surface area contributed by atoms with E-state index >= 15 is 0 Å². The van der Waals surface area contributed by atoms with Crippen LogP contribution in [-0.4, -0.2) is 87.2 Å². The van der Waals surface area contributed by atoms with Gasteiger partial charge in [-0.15, -0.1) is 24.8 Å². The molecule has 2 aliphatic heterocycles. The third-order valence-corrected chi connectivity index (χ3v) is 5.64. The maximum absolute atomic E-state index is 12.5. The van der Waals surface area contributed by atoms with E-state index < -0.39 is 0 Å². The first-order chi connectivity index (χ1) is 12.6. The Bertz CT molecular complexity index is 443. The molecule has 0 aromatic rings. The standard InChI is InChI=1S/C19H36N4O3.2ClH/c1-16(19(25)21-8-3-15-26-2)22-11-13-23(14-12-22)18(24)5-4-17-6-9-20-10-7-17;;/h16-17,20H,3-15H2,1-2H3,(H,21,25);2*1H. The number of hydrogen-bond donors (Lipinski definition) is 2. The summed E-state index contributed by atoms with van der Waals surface area (Å²) in [4.78, 5) is 28.8. The quantitative estimate of drug-likeness (QED) is 0.528. The summed E-state index contributed by atoms with van der Waals surface area (Å²) in [6.07, 6.45) is 4.89. The molecule has 2 fully saturated rings. The van der Waals surface area contributed by atoms with Crippen LogP contribution >= 0.6 is 24.8 Å². The molecule has 28 heavy (non-hydrogen) atoms. The van der Waals surface area contributed by atoms with E-state index in [2.05, 4.69) is 15.5 Å². The first-order valence-electron chi connectivity index (χ1n) is 10.1. The molecule has 2 rings (SSSR count). The second-order valence-corrected chi connectivity index (χ2v) is 7.46. The number of ether oxygens (including phenoxy) is 1. The molecule has 166 valence electrons. The first-order valence-corrected chi connectivity index (χ1v) is 10.1. The zero-order chi connectivity index (χ0) is 18.8. The van der Waals surface area contributed by atoms with E-state index in [0.717, 1.165) is 52.1 Å².